The summed E-state index contributed by atoms with van der Waals surface area (Å²) in [5.74, 6) is 0.309. The molecule has 41 heavy (non-hydrogen) atoms. The van der Waals surface area contributed by atoms with E-state index in [4.69, 9.17) is 0 Å². The summed E-state index contributed by atoms with van der Waals surface area (Å²) >= 11 is 0. The molecule has 0 radical (unpaired) electrons. The minimum Gasteiger partial charge on any atom is -0.0683 e. The van der Waals surface area contributed by atoms with Crippen molar-refractivity contribution in [3.63, 3.8) is 0 Å². The fourth-order valence-electron chi connectivity index (χ4n) is 2.51. The monoisotopic (exact) mass is 575 g/mol. The largest absolute Gasteiger partial charge is 0.0683 e. The molecule has 0 fully saturated rings. The van der Waals surface area contributed by atoms with Crippen molar-refractivity contribution in [3.05, 3.63) is 108 Å². The summed E-state index contributed by atoms with van der Waals surface area (Å²) in [5, 5.41) is 0. The van der Waals surface area contributed by atoms with E-state index in [1.165, 1.54) is 16.7 Å². The lowest BCUT2D eigenvalue weighted by Crippen LogP contribution is -2.02. The Bertz CT molecular complexity index is 518. The maximum atomic E-state index is 2.20. The average Bonchev–Trinajstić information content (AvgIpc) is 3.16. The molecule has 0 amide bonds. The first kappa shape index (κ1) is 62.3. The van der Waals surface area contributed by atoms with Crippen LogP contribution in [0, 0.1) is 0 Å². The zero-order valence-electron chi connectivity index (χ0n) is 32.7. The van der Waals surface area contributed by atoms with Gasteiger partial charge in [-0.1, -0.05) is 243 Å². The van der Waals surface area contributed by atoms with Gasteiger partial charge in [0.05, 0.1) is 0 Å². The van der Waals surface area contributed by atoms with E-state index in [2.05, 4.69) is 91.0 Å². The van der Waals surface area contributed by atoms with Crippen LogP contribution in [0.3, 0.4) is 0 Å². The van der Waals surface area contributed by atoms with Gasteiger partial charge in [0, 0.05) is 5.92 Å². The third-order valence-electron chi connectivity index (χ3n) is 3.40. The van der Waals surface area contributed by atoms with E-state index in [9.17, 15) is 0 Å². The summed E-state index contributed by atoms with van der Waals surface area (Å²) in [7, 11) is 0. The van der Waals surface area contributed by atoms with Gasteiger partial charge in [-0.15, -0.1) is 0 Å². The van der Waals surface area contributed by atoms with Crippen LogP contribution in [-0.4, -0.2) is 0 Å². The van der Waals surface area contributed by atoms with Crippen LogP contribution in [0.15, 0.2) is 91.0 Å². The Kier molecular flexibility index (Phi) is 127. The topological polar surface area (TPSA) is 0 Å². The Labute approximate surface area is 265 Å². The first-order chi connectivity index (χ1) is 20.4. The molecule has 0 aliphatic heterocycles. The van der Waals surface area contributed by atoms with E-state index >= 15 is 0 Å². The second-order valence-electron chi connectivity index (χ2n) is 4.67. The molecule has 3 aromatic rings. The fourth-order valence-corrected chi connectivity index (χ4v) is 2.51. The Morgan fingerprint density at radius 2 is 0.341 bits per heavy atom. The van der Waals surface area contributed by atoms with Crippen LogP contribution in [0.5, 0.6) is 0 Å². The SMILES string of the molecule is CC.CC.CC.CC.CC.CC.CC.CC.CC.CC.CC.c1ccc(C(c2ccccc2)c2ccccc2)cc1. The molecule has 0 aliphatic carbocycles. The van der Waals surface area contributed by atoms with Gasteiger partial charge in [0.15, 0.2) is 0 Å². The second-order valence-corrected chi connectivity index (χ2v) is 4.67. The zero-order valence-corrected chi connectivity index (χ0v) is 32.7. The predicted octanol–water partition coefficient (Wildman–Crippen LogP) is 16.2. The van der Waals surface area contributed by atoms with Gasteiger partial charge in [-0.3, -0.25) is 0 Å². The molecule has 0 bridgehead atoms. The van der Waals surface area contributed by atoms with Gasteiger partial charge in [-0.25, -0.2) is 0 Å². The predicted molar refractivity (Wildman–Crippen MR) is 205 cm³/mol. The van der Waals surface area contributed by atoms with Gasteiger partial charge in [0.25, 0.3) is 0 Å². The highest BCUT2D eigenvalue weighted by Crippen LogP contribution is 2.31. The summed E-state index contributed by atoms with van der Waals surface area (Å²) in [6.45, 7) is 44.0. The van der Waals surface area contributed by atoms with Crippen molar-refractivity contribution in [2.75, 3.05) is 0 Å². The third kappa shape index (κ3) is 42.3. The van der Waals surface area contributed by atoms with Gasteiger partial charge in [0.1, 0.15) is 0 Å². The molecule has 3 aromatic carbocycles. The molecule has 0 saturated heterocycles. The van der Waals surface area contributed by atoms with Crippen molar-refractivity contribution in [2.45, 2.75) is 158 Å². The Morgan fingerprint density at radius 3 is 0.463 bits per heavy atom. The molecule has 0 saturated carbocycles. The molecule has 0 heterocycles. The summed E-state index contributed by atoms with van der Waals surface area (Å²) in [4.78, 5) is 0. The smallest absolute Gasteiger partial charge is 0.0339 e. The molecule has 0 N–H and O–H groups in total. The molecule has 0 unspecified atom stereocenters. The maximum absolute atomic E-state index is 2.20. The van der Waals surface area contributed by atoms with Gasteiger partial charge >= 0.3 is 0 Å². The third-order valence-corrected chi connectivity index (χ3v) is 3.40. The van der Waals surface area contributed by atoms with Crippen molar-refractivity contribution < 1.29 is 0 Å². The van der Waals surface area contributed by atoms with Crippen molar-refractivity contribution in [1.29, 1.82) is 0 Å². The molecule has 0 heteroatoms. The summed E-state index contributed by atoms with van der Waals surface area (Å²) in [6.07, 6.45) is 0. The van der Waals surface area contributed by atoms with E-state index in [-0.39, 0.29) is 0 Å². The number of benzene rings is 3. The number of rotatable bonds is 3. The Hall–Kier alpha value is -2.34. The van der Waals surface area contributed by atoms with E-state index in [1.807, 2.05) is 152 Å². The van der Waals surface area contributed by atoms with E-state index in [0.717, 1.165) is 0 Å². The van der Waals surface area contributed by atoms with Gasteiger partial charge in [0.2, 0.25) is 0 Å². The molecular formula is C41H82. The van der Waals surface area contributed by atoms with Crippen LogP contribution in [0.1, 0.15) is 175 Å². The van der Waals surface area contributed by atoms with E-state index < -0.39 is 0 Å². The normalized spacial score (nSPS) is 6.51. The lowest BCUT2D eigenvalue weighted by atomic mass is 9.85. The van der Waals surface area contributed by atoms with E-state index in [1.54, 1.807) is 0 Å². The highest BCUT2D eigenvalue weighted by atomic mass is 14.2. The molecule has 3 rings (SSSR count). The molecule has 0 spiro atoms. The highest BCUT2D eigenvalue weighted by Gasteiger charge is 2.15. The van der Waals surface area contributed by atoms with Gasteiger partial charge in [-0.05, 0) is 16.7 Å². The molecular weight excluding hydrogens is 492 g/mol. The van der Waals surface area contributed by atoms with Crippen molar-refractivity contribution in [3.8, 4) is 0 Å². The van der Waals surface area contributed by atoms with Crippen LogP contribution in [-0.2, 0) is 0 Å². The quantitative estimate of drug-likeness (QED) is 0.273. The lowest BCUT2D eigenvalue weighted by molar-refractivity contribution is 0.977. The van der Waals surface area contributed by atoms with E-state index in [0.29, 0.717) is 5.92 Å². The van der Waals surface area contributed by atoms with Crippen molar-refractivity contribution in [2.24, 2.45) is 0 Å². The molecule has 0 aromatic heterocycles. The van der Waals surface area contributed by atoms with Crippen LogP contribution < -0.4 is 0 Å². The van der Waals surface area contributed by atoms with Crippen LogP contribution in [0.4, 0.5) is 0 Å². The molecule has 0 nitrogen and oxygen atoms in total. The Morgan fingerprint density at radius 1 is 0.220 bits per heavy atom. The first-order valence-electron chi connectivity index (χ1n) is 17.6. The van der Waals surface area contributed by atoms with Crippen molar-refractivity contribution in [1.82, 2.24) is 0 Å². The van der Waals surface area contributed by atoms with Crippen molar-refractivity contribution >= 4 is 0 Å². The summed E-state index contributed by atoms with van der Waals surface area (Å²) < 4.78 is 0. The minimum atomic E-state index is 0.309. The summed E-state index contributed by atoms with van der Waals surface area (Å²) in [5.41, 5.74) is 4.00. The van der Waals surface area contributed by atoms with Gasteiger partial charge < -0.3 is 0 Å². The van der Waals surface area contributed by atoms with Crippen LogP contribution >= 0.6 is 0 Å². The fraction of sp³-hybridized carbons (Fsp3) is 0.561. The number of hydrogen-bond acceptors (Lipinski definition) is 0. The average molecular weight is 575 g/mol. The van der Waals surface area contributed by atoms with Gasteiger partial charge in [-0.2, -0.15) is 0 Å². The second kappa shape index (κ2) is 83.2. The molecule has 246 valence electrons. The first-order valence-corrected chi connectivity index (χ1v) is 17.6. The highest BCUT2D eigenvalue weighted by molar-refractivity contribution is 5.42. The maximum Gasteiger partial charge on any atom is 0.0339 e. The van der Waals surface area contributed by atoms with Crippen LogP contribution in [0.25, 0.3) is 0 Å². The number of hydrogen-bond donors (Lipinski definition) is 0. The zero-order chi connectivity index (χ0) is 34.9. The minimum absolute atomic E-state index is 0.309. The molecule has 0 aliphatic rings. The molecule has 0 atom stereocenters. The lowest BCUT2D eigenvalue weighted by Gasteiger charge is -2.18. The standard InChI is InChI=1S/C19H16.11C2H6/c1-4-10-16(11-5-1)19(17-12-6-2-7-13-17)18-14-8-3-9-15-18;11*1-2/h1-15,19H;11*1-2H3. The summed E-state index contributed by atoms with van der Waals surface area (Å²) in [6, 6.07) is 32.0. The Balaban J connectivity index is -0.0000000565. The van der Waals surface area contributed by atoms with Crippen LogP contribution in [0.2, 0.25) is 0 Å².